The maximum atomic E-state index is 13.6. The van der Waals surface area contributed by atoms with Crippen LogP contribution in [0.1, 0.15) is 26.3 Å². The second-order valence-electron chi connectivity index (χ2n) is 7.86. The Balaban J connectivity index is 2.40. The van der Waals surface area contributed by atoms with Crippen LogP contribution in [-0.2, 0) is 26.2 Å². The van der Waals surface area contributed by atoms with Crippen LogP contribution in [0.15, 0.2) is 42.5 Å². The monoisotopic (exact) mass is 517 g/mol. The topological polar surface area (TPSA) is 86.8 Å². The summed E-state index contributed by atoms with van der Waals surface area (Å²) in [5.74, 6) is -1.73. The molecule has 11 heteroatoms. The van der Waals surface area contributed by atoms with Gasteiger partial charge in [0.1, 0.15) is 18.4 Å². The number of benzene rings is 2. The van der Waals surface area contributed by atoms with Gasteiger partial charge < -0.3 is 10.2 Å². The number of carbonyl (C=O) groups is 2. The molecule has 0 saturated heterocycles. The van der Waals surface area contributed by atoms with Gasteiger partial charge in [-0.25, -0.2) is 12.8 Å². The van der Waals surface area contributed by atoms with Crippen LogP contribution >= 0.6 is 23.2 Å². The van der Waals surface area contributed by atoms with E-state index in [1.165, 1.54) is 11.0 Å². The van der Waals surface area contributed by atoms with E-state index in [0.29, 0.717) is 10.6 Å². The lowest BCUT2D eigenvalue weighted by Gasteiger charge is -2.32. The van der Waals surface area contributed by atoms with Crippen LogP contribution in [0.5, 0.6) is 0 Å². The van der Waals surface area contributed by atoms with Gasteiger partial charge in [-0.2, -0.15) is 0 Å². The van der Waals surface area contributed by atoms with Crippen molar-refractivity contribution >= 4 is 50.7 Å². The van der Waals surface area contributed by atoms with Crippen molar-refractivity contribution in [3.8, 4) is 0 Å². The summed E-state index contributed by atoms with van der Waals surface area (Å²) in [7, 11) is -3.93. The van der Waals surface area contributed by atoms with Crippen molar-refractivity contribution in [3.63, 3.8) is 0 Å². The highest BCUT2D eigenvalue weighted by molar-refractivity contribution is 7.92. The van der Waals surface area contributed by atoms with Gasteiger partial charge in [0.25, 0.3) is 0 Å². The highest BCUT2D eigenvalue weighted by Gasteiger charge is 2.30. The van der Waals surface area contributed by atoms with E-state index in [0.717, 1.165) is 22.7 Å². The van der Waals surface area contributed by atoms with Crippen molar-refractivity contribution in [3.05, 3.63) is 63.9 Å². The molecule has 0 aliphatic heterocycles. The third-order valence-corrected chi connectivity index (χ3v) is 6.42. The Morgan fingerprint density at radius 3 is 2.18 bits per heavy atom. The normalized spacial score (nSPS) is 12.4. The molecule has 33 heavy (non-hydrogen) atoms. The lowest BCUT2D eigenvalue weighted by atomic mass is 10.1. The number of sulfonamides is 1. The number of halogens is 3. The first-order valence-corrected chi connectivity index (χ1v) is 12.7. The van der Waals surface area contributed by atoms with Crippen LogP contribution in [0.4, 0.5) is 10.1 Å². The van der Waals surface area contributed by atoms with Crippen molar-refractivity contribution < 1.29 is 22.4 Å². The number of nitrogens with one attached hydrogen (secondary N) is 1. The summed E-state index contributed by atoms with van der Waals surface area (Å²) < 4.78 is 39.3. The molecule has 0 aromatic heterocycles. The van der Waals surface area contributed by atoms with E-state index >= 15 is 0 Å². The minimum absolute atomic E-state index is 0.0305. The van der Waals surface area contributed by atoms with Gasteiger partial charge in [-0.3, -0.25) is 13.9 Å². The summed E-state index contributed by atoms with van der Waals surface area (Å²) in [6, 6.07) is 9.05. The molecule has 0 radical (unpaired) electrons. The number of hydrogen-bond acceptors (Lipinski definition) is 4. The molecule has 0 aliphatic carbocycles. The Kier molecular flexibility index (Phi) is 9.11. The second-order valence-corrected chi connectivity index (χ2v) is 10.6. The lowest BCUT2D eigenvalue weighted by Crippen LogP contribution is -2.52. The second kappa shape index (κ2) is 11.2. The van der Waals surface area contributed by atoms with Crippen LogP contribution in [0.25, 0.3) is 0 Å². The maximum Gasteiger partial charge on any atom is 0.244 e. The molecule has 7 nitrogen and oxygen atoms in total. The summed E-state index contributed by atoms with van der Waals surface area (Å²) in [6.45, 7) is 4.59. The smallest absolute Gasteiger partial charge is 0.244 e. The molecule has 2 aromatic carbocycles. The minimum atomic E-state index is -3.93. The molecule has 1 atom stereocenters. The molecule has 0 fully saturated rings. The number of amides is 2. The molecule has 0 heterocycles. The molecule has 0 aliphatic rings. The lowest BCUT2D eigenvalue weighted by molar-refractivity contribution is -0.139. The Hall–Kier alpha value is -2.36. The van der Waals surface area contributed by atoms with Crippen molar-refractivity contribution in [2.24, 2.45) is 0 Å². The number of nitrogens with zero attached hydrogens (tertiary/aromatic N) is 2. The first-order valence-electron chi connectivity index (χ1n) is 10.1. The first kappa shape index (κ1) is 26.9. The molecule has 0 saturated carbocycles. The summed E-state index contributed by atoms with van der Waals surface area (Å²) in [6.07, 6.45) is 0.927. The van der Waals surface area contributed by atoms with Gasteiger partial charge in [-0.1, -0.05) is 35.3 Å². The molecular formula is C22H26Cl2FN3O4S. The van der Waals surface area contributed by atoms with Gasteiger partial charge in [-0.15, -0.1) is 0 Å². The Bertz CT molecular complexity index is 1110. The van der Waals surface area contributed by atoms with E-state index in [1.54, 1.807) is 45.0 Å². The molecule has 2 rings (SSSR count). The highest BCUT2D eigenvalue weighted by atomic mass is 35.5. The minimum Gasteiger partial charge on any atom is -0.352 e. The van der Waals surface area contributed by atoms with Crippen LogP contribution in [-0.4, -0.2) is 50.0 Å². The van der Waals surface area contributed by atoms with Gasteiger partial charge in [0.2, 0.25) is 21.8 Å². The van der Waals surface area contributed by atoms with Gasteiger partial charge in [0.15, 0.2) is 0 Å². The zero-order valence-corrected chi connectivity index (χ0v) is 21.0. The zero-order chi connectivity index (χ0) is 24.9. The Morgan fingerprint density at radius 2 is 1.67 bits per heavy atom. The third-order valence-electron chi connectivity index (χ3n) is 4.73. The Labute approximate surface area is 203 Å². The average Bonchev–Trinajstić information content (AvgIpc) is 2.71. The van der Waals surface area contributed by atoms with Crippen LogP contribution < -0.4 is 9.62 Å². The number of carbonyl (C=O) groups excluding carboxylic acids is 2. The molecule has 0 unspecified atom stereocenters. The van der Waals surface area contributed by atoms with Crippen LogP contribution in [0.3, 0.4) is 0 Å². The van der Waals surface area contributed by atoms with E-state index in [2.05, 4.69) is 5.32 Å². The molecule has 2 aromatic rings. The van der Waals surface area contributed by atoms with Crippen molar-refractivity contribution in [1.29, 1.82) is 0 Å². The van der Waals surface area contributed by atoms with Crippen LogP contribution in [0, 0.1) is 5.82 Å². The highest BCUT2D eigenvalue weighted by Crippen LogP contribution is 2.25. The largest absolute Gasteiger partial charge is 0.352 e. The third kappa shape index (κ3) is 7.58. The first-order chi connectivity index (χ1) is 15.3. The quantitative estimate of drug-likeness (QED) is 0.547. The number of rotatable bonds is 9. The predicted octanol–water partition coefficient (Wildman–Crippen LogP) is 3.84. The number of hydrogen-bond donors (Lipinski definition) is 1. The van der Waals surface area contributed by atoms with Gasteiger partial charge in [0.05, 0.1) is 17.0 Å². The molecule has 0 bridgehead atoms. The molecule has 0 spiro atoms. The average molecular weight is 518 g/mol. The summed E-state index contributed by atoms with van der Waals surface area (Å²) in [5, 5.41) is 2.99. The maximum absolute atomic E-state index is 13.6. The predicted molar refractivity (Wildman–Crippen MR) is 128 cm³/mol. The van der Waals surface area contributed by atoms with E-state index in [-0.39, 0.29) is 29.2 Å². The fourth-order valence-electron chi connectivity index (χ4n) is 3.03. The summed E-state index contributed by atoms with van der Waals surface area (Å²) in [5.41, 5.74) is 0.732. The van der Waals surface area contributed by atoms with Gasteiger partial charge in [-0.05, 0) is 56.7 Å². The molecular weight excluding hydrogens is 492 g/mol. The standard InChI is InChI=1S/C22H26Cl2FN3O4S/c1-14(2)26-22(30)15(3)27(12-16-5-7-17(23)8-6-16)21(29)13-28(33(4,31)32)18-9-10-20(25)19(24)11-18/h5-11,14-15H,12-13H2,1-4H3,(H,26,30)/t15-/m1/s1. The van der Waals surface area contributed by atoms with Crippen molar-refractivity contribution in [1.82, 2.24) is 10.2 Å². The fraction of sp³-hybridized carbons (Fsp3) is 0.364. The van der Waals surface area contributed by atoms with Crippen molar-refractivity contribution in [2.75, 3.05) is 17.1 Å². The van der Waals surface area contributed by atoms with Gasteiger partial charge >= 0.3 is 0 Å². The Morgan fingerprint density at radius 1 is 1.06 bits per heavy atom. The van der Waals surface area contributed by atoms with E-state index in [9.17, 15) is 22.4 Å². The fourth-order valence-corrected chi connectivity index (χ4v) is 4.17. The summed E-state index contributed by atoms with van der Waals surface area (Å²) >= 11 is 11.7. The SMILES string of the molecule is CC(C)NC(=O)[C@@H](C)N(Cc1ccc(Cl)cc1)C(=O)CN(c1ccc(F)c(Cl)c1)S(C)(=O)=O. The number of anilines is 1. The van der Waals surface area contributed by atoms with Crippen molar-refractivity contribution in [2.45, 2.75) is 39.4 Å². The molecule has 2 amide bonds. The van der Waals surface area contributed by atoms with E-state index in [1.807, 2.05) is 0 Å². The van der Waals surface area contributed by atoms with Gasteiger partial charge in [0, 0.05) is 17.6 Å². The van der Waals surface area contributed by atoms with Crippen LogP contribution in [0.2, 0.25) is 10.0 Å². The zero-order valence-electron chi connectivity index (χ0n) is 18.7. The van der Waals surface area contributed by atoms with E-state index in [4.69, 9.17) is 23.2 Å². The van der Waals surface area contributed by atoms with E-state index < -0.39 is 34.3 Å². The summed E-state index contributed by atoms with van der Waals surface area (Å²) in [4.78, 5) is 27.3. The molecule has 180 valence electrons. The molecule has 1 N–H and O–H groups in total.